The summed E-state index contributed by atoms with van der Waals surface area (Å²) in [6.45, 7) is 8.95. The molecule has 0 N–H and O–H groups in total. The third-order valence-electron chi connectivity index (χ3n) is 3.49. The Morgan fingerprint density at radius 2 is 2.07 bits per heavy atom. The largest absolute Gasteiger partial charge is 0.372 e. The van der Waals surface area contributed by atoms with Gasteiger partial charge in [-0.25, -0.2) is 0 Å². The van der Waals surface area contributed by atoms with E-state index in [1.807, 2.05) is 0 Å². The first-order valence-electron chi connectivity index (χ1n) is 6.08. The maximum Gasteiger partial charge on any atom is 0.0363 e. The van der Waals surface area contributed by atoms with Crippen molar-refractivity contribution in [2.45, 2.75) is 32.6 Å². The van der Waals surface area contributed by atoms with Gasteiger partial charge in [0.25, 0.3) is 0 Å². The van der Waals surface area contributed by atoms with E-state index in [0.717, 1.165) is 5.92 Å². The van der Waals surface area contributed by atoms with Crippen LogP contribution in [0.1, 0.15) is 32.6 Å². The molecule has 2 rings (SSSR count). The molecule has 1 aliphatic heterocycles. The zero-order valence-electron chi connectivity index (χ0n) is 9.71. The predicted molar refractivity (Wildman–Crippen MR) is 65.6 cm³/mol. The van der Waals surface area contributed by atoms with E-state index in [2.05, 4.69) is 36.6 Å². The lowest BCUT2D eigenvalue weighted by Crippen LogP contribution is -2.32. The van der Waals surface area contributed by atoms with E-state index >= 15 is 0 Å². The Labute approximate surface area is 93.2 Å². The third kappa shape index (κ3) is 2.53. The van der Waals surface area contributed by atoms with Gasteiger partial charge in [0, 0.05) is 18.8 Å². The van der Waals surface area contributed by atoms with Crippen molar-refractivity contribution in [3.63, 3.8) is 0 Å². The van der Waals surface area contributed by atoms with Gasteiger partial charge in [-0.3, -0.25) is 0 Å². The van der Waals surface area contributed by atoms with Gasteiger partial charge in [0.15, 0.2) is 0 Å². The molecule has 0 radical (unpaired) electrons. The van der Waals surface area contributed by atoms with Crippen LogP contribution >= 0.6 is 0 Å². The Morgan fingerprint density at radius 3 is 2.67 bits per heavy atom. The molecule has 15 heavy (non-hydrogen) atoms. The summed E-state index contributed by atoms with van der Waals surface area (Å²) in [7, 11) is 0. The lowest BCUT2D eigenvalue weighted by molar-refractivity contribution is 0.242. The highest BCUT2D eigenvalue weighted by Gasteiger charge is 2.18. The monoisotopic (exact) mass is 203 g/mol. The van der Waals surface area contributed by atoms with Crippen molar-refractivity contribution >= 4 is 0 Å². The fourth-order valence-electron chi connectivity index (χ4n) is 2.29. The average Bonchev–Trinajstić information content (AvgIpc) is 2.30. The molecule has 0 aromatic carbocycles. The van der Waals surface area contributed by atoms with Gasteiger partial charge in [-0.05, 0) is 37.2 Å². The van der Waals surface area contributed by atoms with Gasteiger partial charge in [-0.1, -0.05) is 31.7 Å². The van der Waals surface area contributed by atoms with Crippen molar-refractivity contribution in [2.75, 3.05) is 13.1 Å². The van der Waals surface area contributed by atoms with Crippen LogP contribution in [0.2, 0.25) is 0 Å². The van der Waals surface area contributed by atoms with E-state index in [1.165, 1.54) is 50.0 Å². The van der Waals surface area contributed by atoms with Gasteiger partial charge in [-0.2, -0.15) is 0 Å². The molecule has 0 bridgehead atoms. The minimum absolute atomic E-state index is 0.893. The average molecular weight is 203 g/mol. The van der Waals surface area contributed by atoms with Crippen LogP contribution in [0.4, 0.5) is 0 Å². The molecule has 1 nitrogen and oxygen atoms in total. The minimum atomic E-state index is 0.893. The summed E-state index contributed by atoms with van der Waals surface area (Å²) in [5, 5.41) is 0. The number of nitrogens with zero attached hydrogens (tertiary/aromatic N) is 1. The maximum absolute atomic E-state index is 4.23. The van der Waals surface area contributed by atoms with Crippen LogP contribution < -0.4 is 0 Å². The standard InChI is InChI=1S/C14H21N/c1-12-8-10-15(11-9-12)13(2)14-6-4-3-5-7-14/h4,6-7,12H,2-3,5,8-11H2,1H3. The number of piperidine rings is 1. The lowest BCUT2D eigenvalue weighted by Gasteiger charge is -2.34. The first-order chi connectivity index (χ1) is 7.27. The summed E-state index contributed by atoms with van der Waals surface area (Å²) in [6, 6.07) is 0. The number of hydrogen-bond acceptors (Lipinski definition) is 1. The van der Waals surface area contributed by atoms with Crippen LogP contribution in [0.5, 0.6) is 0 Å². The number of hydrogen-bond donors (Lipinski definition) is 0. The summed E-state index contributed by atoms with van der Waals surface area (Å²) >= 11 is 0. The zero-order valence-corrected chi connectivity index (χ0v) is 9.71. The van der Waals surface area contributed by atoms with Gasteiger partial charge in [-0.15, -0.1) is 0 Å². The molecule has 0 aromatic heterocycles. The van der Waals surface area contributed by atoms with E-state index in [9.17, 15) is 0 Å². The van der Waals surface area contributed by atoms with Gasteiger partial charge >= 0.3 is 0 Å². The molecule has 82 valence electrons. The Morgan fingerprint density at radius 1 is 1.33 bits per heavy atom. The molecule has 0 saturated carbocycles. The van der Waals surface area contributed by atoms with E-state index in [-0.39, 0.29) is 0 Å². The molecule has 0 atom stereocenters. The fraction of sp³-hybridized carbons (Fsp3) is 0.571. The van der Waals surface area contributed by atoms with Crippen molar-refractivity contribution in [3.8, 4) is 0 Å². The van der Waals surface area contributed by atoms with E-state index in [1.54, 1.807) is 0 Å². The molecule has 1 saturated heterocycles. The van der Waals surface area contributed by atoms with E-state index in [4.69, 9.17) is 0 Å². The molecule has 0 unspecified atom stereocenters. The molecule has 1 heteroatoms. The summed E-state index contributed by atoms with van der Waals surface area (Å²) in [6.07, 6.45) is 11.8. The predicted octanol–water partition coefficient (Wildman–Crippen LogP) is 3.51. The summed E-state index contributed by atoms with van der Waals surface area (Å²) in [5.41, 5.74) is 2.58. The topological polar surface area (TPSA) is 3.24 Å². The molecular formula is C14H21N. The van der Waals surface area contributed by atoms with Crippen LogP contribution in [-0.4, -0.2) is 18.0 Å². The van der Waals surface area contributed by atoms with Crippen LogP contribution in [-0.2, 0) is 0 Å². The van der Waals surface area contributed by atoms with Gasteiger partial charge in [0.05, 0.1) is 0 Å². The normalized spacial score (nSPS) is 22.7. The van der Waals surface area contributed by atoms with Crippen molar-refractivity contribution in [2.24, 2.45) is 5.92 Å². The molecule has 0 amide bonds. The molecular weight excluding hydrogens is 182 g/mol. The summed E-state index contributed by atoms with van der Waals surface area (Å²) in [4.78, 5) is 2.45. The molecule has 1 heterocycles. The smallest absolute Gasteiger partial charge is 0.0363 e. The van der Waals surface area contributed by atoms with Crippen molar-refractivity contribution in [3.05, 3.63) is 36.1 Å². The number of likely N-dealkylation sites (tertiary alicyclic amines) is 1. The first-order valence-corrected chi connectivity index (χ1v) is 6.08. The lowest BCUT2D eigenvalue weighted by atomic mass is 9.97. The summed E-state index contributed by atoms with van der Waals surface area (Å²) < 4.78 is 0. The highest BCUT2D eigenvalue weighted by molar-refractivity contribution is 5.38. The van der Waals surface area contributed by atoms with Gasteiger partial charge in [0.2, 0.25) is 0 Å². The molecule has 1 fully saturated rings. The second-order valence-electron chi connectivity index (χ2n) is 4.76. The molecule has 0 spiro atoms. The van der Waals surface area contributed by atoms with Crippen molar-refractivity contribution in [1.82, 2.24) is 4.90 Å². The van der Waals surface area contributed by atoms with Crippen LogP contribution in [0, 0.1) is 5.92 Å². The quantitative estimate of drug-likeness (QED) is 0.664. The minimum Gasteiger partial charge on any atom is -0.372 e. The Kier molecular flexibility index (Phi) is 3.30. The Bertz CT molecular complexity index is 290. The highest BCUT2D eigenvalue weighted by Crippen LogP contribution is 2.25. The van der Waals surface area contributed by atoms with Crippen LogP contribution in [0.3, 0.4) is 0 Å². The fourth-order valence-corrected chi connectivity index (χ4v) is 2.29. The van der Waals surface area contributed by atoms with Gasteiger partial charge < -0.3 is 4.90 Å². The van der Waals surface area contributed by atoms with Crippen molar-refractivity contribution in [1.29, 1.82) is 0 Å². The van der Waals surface area contributed by atoms with Gasteiger partial charge in [0.1, 0.15) is 0 Å². The molecule has 1 aliphatic carbocycles. The van der Waals surface area contributed by atoms with Crippen LogP contribution in [0.25, 0.3) is 0 Å². The van der Waals surface area contributed by atoms with Crippen LogP contribution in [0.15, 0.2) is 36.1 Å². The highest BCUT2D eigenvalue weighted by atomic mass is 15.1. The van der Waals surface area contributed by atoms with E-state index in [0.29, 0.717) is 0 Å². The van der Waals surface area contributed by atoms with E-state index < -0.39 is 0 Å². The Hall–Kier alpha value is -0.980. The zero-order chi connectivity index (χ0) is 10.7. The third-order valence-corrected chi connectivity index (χ3v) is 3.49. The second kappa shape index (κ2) is 4.69. The SMILES string of the molecule is C=C(C1=CCCC=C1)N1CCC(C)CC1. The molecule has 2 aliphatic rings. The number of allylic oxidation sites excluding steroid dienone is 3. The first kappa shape index (κ1) is 10.5. The number of rotatable bonds is 2. The second-order valence-corrected chi connectivity index (χ2v) is 4.76. The van der Waals surface area contributed by atoms with Crippen molar-refractivity contribution < 1.29 is 0 Å². The summed E-state index contributed by atoms with van der Waals surface area (Å²) in [5.74, 6) is 0.893. The molecule has 0 aromatic rings. The maximum atomic E-state index is 4.23. The Balaban J connectivity index is 1.96.